The Balaban J connectivity index is 2.27. The van der Waals surface area contributed by atoms with Crippen LogP contribution < -0.4 is 0 Å². The second kappa shape index (κ2) is 4.98. The van der Waals surface area contributed by atoms with Gasteiger partial charge in [-0.3, -0.25) is 4.79 Å². The van der Waals surface area contributed by atoms with E-state index in [1.54, 1.807) is 30.3 Å². The molecule has 1 N–H and O–H groups in total. The molecule has 1 heterocycles. The van der Waals surface area contributed by atoms with Gasteiger partial charge in [0.25, 0.3) is 5.91 Å². The summed E-state index contributed by atoms with van der Waals surface area (Å²) < 4.78 is 0. The van der Waals surface area contributed by atoms with E-state index in [4.69, 9.17) is 5.11 Å². The van der Waals surface area contributed by atoms with Crippen molar-refractivity contribution in [1.82, 2.24) is 9.88 Å². The number of aliphatic hydroxyl groups is 1. The summed E-state index contributed by atoms with van der Waals surface area (Å²) in [6, 6.07) is 3.82. The molecule has 1 aromatic heterocycles. The highest BCUT2D eigenvalue weighted by Gasteiger charge is 2.31. The summed E-state index contributed by atoms with van der Waals surface area (Å²) in [5.41, 5.74) is 0.932. The number of hydrogen-bond acceptors (Lipinski definition) is 3. The van der Waals surface area contributed by atoms with Crippen LogP contribution >= 0.6 is 0 Å². The number of carbonyl (C=O) groups is 1. The van der Waals surface area contributed by atoms with E-state index in [0.717, 1.165) is 12.8 Å². The predicted octanol–water partition coefficient (Wildman–Crippen LogP) is 0.660. The monoisotopic (exact) mass is 230 g/mol. The van der Waals surface area contributed by atoms with Crippen molar-refractivity contribution in [3.8, 4) is 11.8 Å². The molecule has 4 nitrogen and oxygen atoms in total. The lowest BCUT2D eigenvalue weighted by Crippen LogP contribution is -2.30. The molecule has 4 heteroatoms. The van der Waals surface area contributed by atoms with Crippen molar-refractivity contribution >= 4 is 5.91 Å². The first-order chi connectivity index (χ1) is 8.24. The molecule has 1 aromatic rings. The fourth-order valence-corrected chi connectivity index (χ4v) is 1.61. The number of rotatable bonds is 2. The largest absolute Gasteiger partial charge is 0.384 e. The first-order valence-corrected chi connectivity index (χ1v) is 5.56. The van der Waals surface area contributed by atoms with Gasteiger partial charge in [0.1, 0.15) is 12.3 Å². The molecule has 0 aromatic carbocycles. The standard InChI is InChI=1S/C13H14N2O2/c1-15(11-6-7-11)13(17)12-10(5-3-9-16)4-2-8-14-12/h2,4,8,11,16H,6-7,9H2,1H3. The van der Waals surface area contributed by atoms with Crippen LogP contribution in [0, 0.1) is 11.8 Å². The molecular formula is C13H14N2O2. The van der Waals surface area contributed by atoms with E-state index in [2.05, 4.69) is 16.8 Å². The summed E-state index contributed by atoms with van der Waals surface area (Å²) in [4.78, 5) is 17.9. The van der Waals surface area contributed by atoms with Gasteiger partial charge < -0.3 is 10.0 Å². The lowest BCUT2D eigenvalue weighted by molar-refractivity contribution is 0.0779. The lowest BCUT2D eigenvalue weighted by atomic mass is 10.2. The number of aliphatic hydroxyl groups excluding tert-OH is 1. The first-order valence-electron chi connectivity index (χ1n) is 5.56. The number of aromatic nitrogens is 1. The zero-order chi connectivity index (χ0) is 12.3. The number of amides is 1. The third-order valence-electron chi connectivity index (χ3n) is 2.73. The molecule has 1 aliphatic rings. The number of carbonyl (C=O) groups excluding carboxylic acids is 1. The van der Waals surface area contributed by atoms with E-state index in [9.17, 15) is 4.79 Å². The van der Waals surface area contributed by atoms with Gasteiger partial charge in [-0.1, -0.05) is 11.8 Å². The predicted molar refractivity (Wildman–Crippen MR) is 63.3 cm³/mol. The Hall–Kier alpha value is -1.86. The highest BCUT2D eigenvalue weighted by atomic mass is 16.2. The topological polar surface area (TPSA) is 53.4 Å². The van der Waals surface area contributed by atoms with Crippen LogP contribution in [0.2, 0.25) is 0 Å². The Morgan fingerprint density at radius 3 is 3.06 bits per heavy atom. The smallest absolute Gasteiger partial charge is 0.273 e. The van der Waals surface area contributed by atoms with Crippen molar-refractivity contribution in [1.29, 1.82) is 0 Å². The molecule has 1 fully saturated rings. The molecule has 1 saturated carbocycles. The van der Waals surface area contributed by atoms with Crippen LogP contribution in [0.4, 0.5) is 0 Å². The van der Waals surface area contributed by atoms with Crippen molar-refractivity contribution in [2.24, 2.45) is 0 Å². The van der Waals surface area contributed by atoms with Crippen molar-refractivity contribution < 1.29 is 9.90 Å². The van der Waals surface area contributed by atoms with Crippen LogP contribution in [-0.2, 0) is 0 Å². The van der Waals surface area contributed by atoms with E-state index in [0.29, 0.717) is 17.3 Å². The van der Waals surface area contributed by atoms with Gasteiger partial charge in [-0.25, -0.2) is 4.98 Å². The molecule has 88 valence electrons. The second-order valence-corrected chi connectivity index (χ2v) is 4.01. The van der Waals surface area contributed by atoms with Crippen molar-refractivity contribution in [2.75, 3.05) is 13.7 Å². The minimum absolute atomic E-state index is 0.102. The van der Waals surface area contributed by atoms with Gasteiger partial charge in [-0.05, 0) is 25.0 Å². The Morgan fingerprint density at radius 1 is 1.65 bits per heavy atom. The van der Waals surface area contributed by atoms with E-state index in [1.165, 1.54) is 0 Å². The van der Waals surface area contributed by atoms with Gasteiger partial charge in [0.05, 0.1) is 5.56 Å². The third kappa shape index (κ3) is 2.63. The molecule has 0 unspecified atom stereocenters. The third-order valence-corrected chi connectivity index (χ3v) is 2.73. The molecule has 0 aliphatic heterocycles. The summed E-state index contributed by atoms with van der Waals surface area (Å²) in [6.45, 7) is -0.221. The average Bonchev–Trinajstić information content (AvgIpc) is 3.19. The fraction of sp³-hybridized carbons (Fsp3) is 0.385. The van der Waals surface area contributed by atoms with E-state index >= 15 is 0 Å². The summed E-state index contributed by atoms with van der Waals surface area (Å²) in [5, 5.41) is 8.68. The molecule has 0 atom stereocenters. The molecular weight excluding hydrogens is 216 g/mol. The van der Waals surface area contributed by atoms with Crippen molar-refractivity contribution in [3.05, 3.63) is 29.6 Å². The van der Waals surface area contributed by atoms with Gasteiger partial charge in [-0.15, -0.1) is 0 Å². The van der Waals surface area contributed by atoms with E-state index < -0.39 is 0 Å². The quantitative estimate of drug-likeness (QED) is 0.759. The maximum absolute atomic E-state index is 12.1. The van der Waals surface area contributed by atoms with E-state index in [1.807, 2.05) is 0 Å². The molecule has 0 saturated heterocycles. The zero-order valence-corrected chi connectivity index (χ0v) is 9.68. The maximum atomic E-state index is 12.1. The summed E-state index contributed by atoms with van der Waals surface area (Å²) >= 11 is 0. The fourth-order valence-electron chi connectivity index (χ4n) is 1.61. The van der Waals surface area contributed by atoms with Gasteiger partial charge in [0, 0.05) is 19.3 Å². The zero-order valence-electron chi connectivity index (χ0n) is 9.68. The van der Waals surface area contributed by atoms with Crippen LogP contribution in [0.1, 0.15) is 28.9 Å². The van der Waals surface area contributed by atoms with Gasteiger partial charge >= 0.3 is 0 Å². The minimum Gasteiger partial charge on any atom is -0.384 e. The number of pyridine rings is 1. The molecule has 1 aliphatic carbocycles. The summed E-state index contributed by atoms with van der Waals surface area (Å²) in [5.74, 6) is 5.18. The highest BCUT2D eigenvalue weighted by Crippen LogP contribution is 2.26. The van der Waals surface area contributed by atoms with Crippen LogP contribution in [0.25, 0.3) is 0 Å². The minimum atomic E-state index is -0.221. The molecule has 0 spiro atoms. The normalized spacial score (nSPS) is 13.8. The Kier molecular flexibility index (Phi) is 3.40. The summed E-state index contributed by atoms with van der Waals surface area (Å²) in [6.07, 6.45) is 3.71. The van der Waals surface area contributed by atoms with Crippen LogP contribution in [0.15, 0.2) is 18.3 Å². The van der Waals surface area contributed by atoms with Gasteiger partial charge in [0.2, 0.25) is 0 Å². The Bertz CT molecular complexity index is 484. The molecule has 2 rings (SSSR count). The molecule has 17 heavy (non-hydrogen) atoms. The Labute approximate surface area is 100 Å². The molecule has 0 radical (unpaired) electrons. The lowest BCUT2D eigenvalue weighted by Gasteiger charge is -2.16. The van der Waals surface area contributed by atoms with Crippen LogP contribution in [0.3, 0.4) is 0 Å². The highest BCUT2D eigenvalue weighted by molar-refractivity contribution is 5.95. The molecule has 0 bridgehead atoms. The summed E-state index contributed by atoms with van der Waals surface area (Å²) in [7, 11) is 1.79. The van der Waals surface area contributed by atoms with Crippen LogP contribution in [-0.4, -0.2) is 40.6 Å². The number of hydrogen-bond donors (Lipinski definition) is 1. The second-order valence-electron chi connectivity index (χ2n) is 4.01. The Morgan fingerprint density at radius 2 is 2.41 bits per heavy atom. The van der Waals surface area contributed by atoms with Crippen molar-refractivity contribution in [3.63, 3.8) is 0 Å². The van der Waals surface area contributed by atoms with E-state index in [-0.39, 0.29) is 12.5 Å². The number of nitrogens with zero attached hydrogens (tertiary/aromatic N) is 2. The van der Waals surface area contributed by atoms with Crippen LogP contribution in [0.5, 0.6) is 0 Å². The van der Waals surface area contributed by atoms with Crippen molar-refractivity contribution in [2.45, 2.75) is 18.9 Å². The molecule has 1 amide bonds. The van der Waals surface area contributed by atoms with Gasteiger partial charge in [0.15, 0.2) is 0 Å². The first kappa shape index (κ1) is 11.6. The average molecular weight is 230 g/mol. The SMILES string of the molecule is CN(C(=O)c1ncccc1C#CCO)C1CC1. The maximum Gasteiger partial charge on any atom is 0.273 e. The van der Waals surface area contributed by atoms with Gasteiger partial charge in [-0.2, -0.15) is 0 Å².